The van der Waals surface area contributed by atoms with Crippen molar-refractivity contribution in [3.8, 4) is 0 Å². The van der Waals surface area contributed by atoms with Crippen molar-refractivity contribution in [1.29, 1.82) is 0 Å². The summed E-state index contributed by atoms with van der Waals surface area (Å²) in [5.74, 6) is -4.40. The number of hydrogen-bond donors (Lipinski definition) is 1. The number of allylic oxidation sites excluding steroid dienone is 8. The Bertz CT molecular complexity index is 942. The zero-order valence-electron chi connectivity index (χ0n) is 17.1. The van der Waals surface area contributed by atoms with E-state index in [1.165, 1.54) is 13.0 Å². The molecule has 2 aliphatic carbocycles. The molecule has 0 fully saturated rings. The second kappa shape index (κ2) is 7.65. The molecule has 0 aromatic carbocycles. The second-order valence-electron chi connectivity index (χ2n) is 7.75. The van der Waals surface area contributed by atoms with Crippen LogP contribution in [-0.4, -0.2) is 29.3 Å². The molecule has 1 heterocycles. The summed E-state index contributed by atoms with van der Waals surface area (Å²) in [6, 6.07) is -0.567. The molecule has 3 aliphatic rings. The van der Waals surface area contributed by atoms with Gasteiger partial charge in [0.2, 0.25) is 0 Å². The van der Waals surface area contributed by atoms with Crippen LogP contribution in [0.2, 0.25) is 0 Å². The topological polar surface area (TPSA) is 63.2 Å². The Morgan fingerprint density at radius 3 is 2.48 bits per heavy atom. The molecule has 4 nitrogen and oxygen atoms in total. The monoisotopic (exact) mass is 401 g/mol. The average molecular weight is 401 g/mol. The molecule has 3 rings (SSSR count). The first kappa shape index (κ1) is 21.1. The van der Waals surface area contributed by atoms with Crippen LogP contribution in [-0.2, 0) is 14.4 Å². The molecular weight excluding hydrogens is 376 g/mol. The number of Topliss-reactive ketones (excluding diaryl/α,β-unsaturated/α-hetero) is 3. The Labute approximate surface area is 169 Å². The van der Waals surface area contributed by atoms with Crippen molar-refractivity contribution < 1.29 is 23.2 Å². The van der Waals surface area contributed by atoms with E-state index in [0.29, 0.717) is 40.8 Å². The van der Waals surface area contributed by atoms with Crippen LogP contribution in [0.4, 0.5) is 8.78 Å². The third kappa shape index (κ3) is 3.80. The largest absolute Gasteiger partial charge is 0.371 e. The van der Waals surface area contributed by atoms with Crippen molar-refractivity contribution in [2.75, 3.05) is 0 Å². The fraction of sp³-hybridized carbons (Fsp3) is 0.435. The van der Waals surface area contributed by atoms with Gasteiger partial charge in [0.05, 0.1) is 0 Å². The Morgan fingerprint density at radius 1 is 1.24 bits per heavy atom. The number of carbonyl (C=O) groups excluding carboxylic acids is 3. The van der Waals surface area contributed by atoms with Crippen LogP contribution in [0, 0.1) is 5.92 Å². The van der Waals surface area contributed by atoms with Crippen LogP contribution in [0.25, 0.3) is 0 Å². The number of hydrogen-bond acceptors (Lipinski definition) is 4. The molecule has 0 saturated carbocycles. The van der Waals surface area contributed by atoms with Gasteiger partial charge in [0.1, 0.15) is 6.04 Å². The number of ketones is 3. The molecule has 29 heavy (non-hydrogen) atoms. The Balaban J connectivity index is 2.04. The van der Waals surface area contributed by atoms with E-state index in [-0.39, 0.29) is 29.3 Å². The van der Waals surface area contributed by atoms with Crippen LogP contribution in [0.3, 0.4) is 0 Å². The number of dihydropyridines is 1. The highest BCUT2D eigenvalue weighted by Gasteiger charge is 2.42. The molecule has 6 heteroatoms. The van der Waals surface area contributed by atoms with E-state index in [1.54, 1.807) is 32.1 Å². The fourth-order valence-electron chi connectivity index (χ4n) is 4.08. The van der Waals surface area contributed by atoms with Gasteiger partial charge >= 0.3 is 0 Å². The minimum Gasteiger partial charge on any atom is -0.371 e. The molecule has 0 spiro atoms. The first-order chi connectivity index (χ1) is 13.6. The lowest BCUT2D eigenvalue weighted by Gasteiger charge is -2.27. The Kier molecular flexibility index (Phi) is 5.57. The maximum atomic E-state index is 14.1. The molecule has 2 atom stereocenters. The van der Waals surface area contributed by atoms with Gasteiger partial charge in [-0.05, 0) is 36.6 Å². The normalized spacial score (nSPS) is 24.3. The number of halogens is 2. The summed E-state index contributed by atoms with van der Waals surface area (Å²) in [7, 11) is 0. The second-order valence-corrected chi connectivity index (χ2v) is 7.75. The van der Waals surface area contributed by atoms with Crippen molar-refractivity contribution in [1.82, 2.24) is 5.32 Å². The molecular formula is C23H25F2NO3. The highest BCUT2D eigenvalue weighted by atomic mass is 19.3. The molecule has 0 bridgehead atoms. The Morgan fingerprint density at radius 2 is 1.93 bits per heavy atom. The molecule has 1 aliphatic heterocycles. The summed E-state index contributed by atoms with van der Waals surface area (Å²) in [5.41, 5.74) is 2.42. The first-order valence-corrected chi connectivity index (χ1v) is 9.89. The van der Waals surface area contributed by atoms with Gasteiger partial charge in [-0.15, -0.1) is 0 Å². The quantitative estimate of drug-likeness (QED) is 0.726. The van der Waals surface area contributed by atoms with Crippen molar-refractivity contribution in [3.63, 3.8) is 0 Å². The molecule has 2 unspecified atom stereocenters. The minimum atomic E-state index is -3.08. The van der Waals surface area contributed by atoms with E-state index < -0.39 is 17.9 Å². The number of rotatable bonds is 6. The van der Waals surface area contributed by atoms with Crippen LogP contribution < -0.4 is 5.32 Å². The van der Waals surface area contributed by atoms with Crippen LogP contribution in [0.5, 0.6) is 0 Å². The van der Waals surface area contributed by atoms with Gasteiger partial charge in [0.25, 0.3) is 5.92 Å². The highest BCUT2D eigenvalue weighted by Crippen LogP contribution is 2.43. The summed E-state index contributed by atoms with van der Waals surface area (Å²) in [5, 5.41) is 3.10. The van der Waals surface area contributed by atoms with Gasteiger partial charge in [0.15, 0.2) is 17.3 Å². The van der Waals surface area contributed by atoms with E-state index >= 15 is 0 Å². The van der Waals surface area contributed by atoms with Gasteiger partial charge < -0.3 is 5.32 Å². The molecule has 0 aromatic rings. The highest BCUT2D eigenvalue weighted by molar-refractivity contribution is 6.05. The smallest absolute Gasteiger partial charge is 0.267 e. The van der Waals surface area contributed by atoms with Crippen molar-refractivity contribution in [2.24, 2.45) is 5.92 Å². The summed E-state index contributed by atoms with van der Waals surface area (Å²) < 4.78 is 28.2. The standard InChI is InChI=1S/C23H25F2NO3/c1-5-15-18(23(4,24)25)11-13-9-14(10-17(13)22(15)29)21-16(20(28)6-2)7-8-19(26-21)12(3)27/h7-9,11,15,19,26H,5-6,10H2,1-4H3. The van der Waals surface area contributed by atoms with Gasteiger partial charge in [0, 0.05) is 48.1 Å². The van der Waals surface area contributed by atoms with Gasteiger partial charge in [-0.2, -0.15) is 0 Å². The first-order valence-electron chi connectivity index (χ1n) is 9.89. The SMILES string of the molecule is CCC(=O)C1=C(C2=CC3=C(C2)C(=O)C(CC)C(C(C)(F)F)=C3)NC(C(C)=O)C=C1. The Hall–Kier alpha value is -2.63. The lowest BCUT2D eigenvalue weighted by atomic mass is 9.79. The maximum Gasteiger partial charge on any atom is 0.267 e. The van der Waals surface area contributed by atoms with Gasteiger partial charge in [-0.25, -0.2) is 8.78 Å². The predicted molar refractivity (Wildman–Crippen MR) is 106 cm³/mol. The fourth-order valence-corrected chi connectivity index (χ4v) is 4.08. The molecule has 0 amide bonds. The lowest BCUT2D eigenvalue weighted by molar-refractivity contribution is -0.120. The van der Waals surface area contributed by atoms with E-state index in [4.69, 9.17) is 0 Å². The van der Waals surface area contributed by atoms with Crippen molar-refractivity contribution in [3.05, 3.63) is 57.9 Å². The van der Waals surface area contributed by atoms with Crippen molar-refractivity contribution >= 4 is 17.3 Å². The van der Waals surface area contributed by atoms with Gasteiger partial charge in [-0.1, -0.05) is 26.0 Å². The van der Waals surface area contributed by atoms with E-state index in [1.807, 2.05) is 0 Å². The van der Waals surface area contributed by atoms with Gasteiger partial charge in [-0.3, -0.25) is 14.4 Å². The summed E-state index contributed by atoms with van der Waals surface area (Å²) in [4.78, 5) is 37.2. The summed E-state index contributed by atoms with van der Waals surface area (Å²) >= 11 is 0. The third-order valence-electron chi connectivity index (χ3n) is 5.67. The predicted octanol–water partition coefficient (Wildman–Crippen LogP) is 4.15. The molecule has 0 radical (unpaired) electrons. The summed E-state index contributed by atoms with van der Waals surface area (Å²) in [6.45, 7) is 5.73. The molecule has 1 N–H and O–H groups in total. The number of carbonyl (C=O) groups is 3. The zero-order valence-corrected chi connectivity index (χ0v) is 17.1. The van der Waals surface area contributed by atoms with Crippen LogP contribution in [0.1, 0.15) is 47.0 Å². The van der Waals surface area contributed by atoms with E-state index in [2.05, 4.69) is 5.32 Å². The molecule has 154 valence electrons. The van der Waals surface area contributed by atoms with E-state index in [9.17, 15) is 23.2 Å². The zero-order chi connectivity index (χ0) is 21.5. The number of alkyl halides is 2. The third-order valence-corrected chi connectivity index (χ3v) is 5.67. The average Bonchev–Trinajstić information content (AvgIpc) is 3.10. The van der Waals surface area contributed by atoms with E-state index in [0.717, 1.165) is 6.92 Å². The minimum absolute atomic E-state index is 0.0920. The lowest BCUT2D eigenvalue weighted by Crippen LogP contribution is -2.37. The number of nitrogens with one attached hydrogen (secondary N) is 1. The van der Waals surface area contributed by atoms with Crippen LogP contribution >= 0.6 is 0 Å². The molecule has 0 aromatic heterocycles. The van der Waals surface area contributed by atoms with Crippen molar-refractivity contribution in [2.45, 2.75) is 58.9 Å². The maximum absolute atomic E-state index is 14.1. The summed E-state index contributed by atoms with van der Waals surface area (Å²) in [6.07, 6.45) is 7.23. The molecule has 0 saturated heterocycles. The van der Waals surface area contributed by atoms with Crippen LogP contribution in [0.15, 0.2) is 57.9 Å².